The maximum absolute atomic E-state index is 5.76. The standard InChI is InChI=1S/C15H28N2O/c1-17(6-4-15-10-16-5-7-18-15)11-14-9-12-2-3-13(14)8-12/h12-16H,2-11H2,1H3. The minimum absolute atomic E-state index is 0.446. The summed E-state index contributed by atoms with van der Waals surface area (Å²) in [5.41, 5.74) is 0. The van der Waals surface area contributed by atoms with Crippen LogP contribution in [0.2, 0.25) is 0 Å². The van der Waals surface area contributed by atoms with E-state index in [0.717, 1.165) is 37.5 Å². The molecule has 3 aliphatic rings. The summed E-state index contributed by atoms with van der Waals surface area (Å²) in [6.45, 7) is 5.47. The molecule has 18 heavy (non-hydrogen) atoms. The first-order valence-corrected chi connectivity index (χ1v) is 7.82. The third-order valence-electron chi connectivity index (χ3n) is 5.27. The summed E-state index contributed by atoms with van der Waals surface area (Å²) < 4.78 is 5.76. The van der Waals surface area contributed by atoms with E-state index >= 15 is 0 Å². The molecule has 2 saturated carbocycles. The van der Waals surface area contributed by atoms with Crippen LogP contribution in [0.3, 0.4) is 0 Å². The van der Waals surface area contributed by atoms with Crippen LogP contribution in [0.15, 0.2) is 0 Å². The van der Waals surface area contributed by atoms with Gasteiger partial charge < -0.3 is 15.0 Å². The second kappa shape index (κ2) is 5.89. The maximum atomic E-state index is 5.76. The second-order valence-electron chi connectivity index (χ2n) is 6.68. The van der Waals surface area contributed by atoms with Crippen molar-refractivity contribution in [1.29, 1.82) is 0 Å². The van der Waals surface area contributed by atoms with Gasteiger partial charge in [0.2, 0.25) is 0 Å². The number of hydrogen-bond donors (Lipinski definition) is 1. The van der Waals surface area contributed by atoms with Gasteiger partial charge in [0, 0.05) is 26.2 Å². The van der Waals surface area contributed by atoms with Crippen molar-refractivity contribution in [2.75, 3.05) is 39.8 Å². The molecule has 1 N–H and O–H groups in total. The molecule has 0 amide bonds. The SMILES string of the molecule is CN(CCC1CNCCO1)CC1CC2CCC1C2. The largest absolute Gasteiger partial charge is 0.376 e. The fraction of sp³-hybridized carbons (Fsp3) is 1.00. The molecule has 4 unspecified atom stereocenters. The Morgan fingerprint density at radius 1 is 1.28 bits per heavy atom. The molecule has 3 rings (SSSR count). The Morgan fingerprint density at radius 3 is 2.89 bits per heavy atom. The summed E-state index contributed by atoms with van der Waals surface area (Å²) in [6.07, 6.45) is 7.71. The van der Waals surface area contributed by atoms with Crippen molar-refractivity contribution in [3.8, 4) is 0 Å². The lowest BCUT2D eigenvalue weighted by atomic mass is 9.88. The average molecular weight is 252 g/mol. The van der Waals surface area contributed by atoms with Crippen molar-refractivity contribution in [3.63, 3.8) is 0 Å². The van der Waals surface area contributed by atoms with Crippen molar-refractivity contribution in [2.24, 2.45) is 17.8 Å². The van der Waals surface area contributed by atoms with Crippen LogP contribution in [0.5, 0.6) is 0 Å². The monoisotopic (exact) mass is 252 g/mol. The number of ether oxygens (including phenoxy) is 1. The van der Waals surface area contributed by atoms with Crippen LogP contribution in [0.1, 0.15) is 32.1 Å². The summed E-state index contributed by atoms with van der Waals surface area (Å²) in [7, 11) is 2.29. The fourth-order valence-corrected chi connectivity index (χ4v) is 4.26. The maximum Gasteiger partial charge on any atom is 0.0712 e. The van der Waals surface area contributed by atoms with E-state index in [-0.39, 0.29) is 0 Å². The van der Waals surface area contributed by atoms with Gasteiger partial charge in [0.25, 0.3) is 0 Å². The molecule has 0 aromatic carbocycles. The lowest BCUT2D eigenvalue weighted by Gasteiger charge is -2.29. The minimum Gasteiger partial charge on any atom is -0.376 e. The lowest BCUT2D eigenvalue weighted by Crippen LogP contribution is -2.40. The highest BCUT2D eigenvalue weighted by Crippen LogP contribution is 2.48. The average Bonchev–Trinajstić information content (AvgIpc) is 3.00. The number of nitrogens with one attached hydrogen (secondary N) is 1. The molecule has 104 valence electrons. The van der Waals surface area contributed by atoms with Crippen molar-refractivity contribution >= 4 is 0 Å². The Kier molecular flexibility index (Phi) is 4.22. The van der Waals surface area contributed by atoms with Crippen LogP contribution in [0, 0.1) is 17.8 Å². The van der Waals surface area contributed by atoms with Gasteiger partial charge in [-0.05, 0) is 50.5 Å². The van der Waals surface area contributed by atoms with Crippen molar-refractivity contribution < 1.29 is 4.74 Å². The lowest BCUT2D eigenvalue weighted by molar-refractivity contribution is 0.0176. The van der Waals surface area contributed by atoms with Crippen LogP contribution in [0.4, 0.5) is 0 Å². The first-order valence-electron chi connectivity index (χ1n) is 7.82. The van der Waals surface area contributed by atoms with E-state index in [9.17, 15) is 0 Å². The van der Waals surface area contributed by atoms with Crippen molar-refractivity contribution in [2.45, 2.75) is 38.2 Å². The first-order chi connectivity index (χ1) is 8.81. The zero-order chi connectivity index (χ0) is 12.4. The molecule has 1 saturated heterocycles. The van der Waals surface area contributed by atoms with E-state index in [1.807, 2.05) is 0 Å². The molecule has 4 atom stereocenters. The molecule has 3 heteroatoms. The van der Waals surface area contributed by atoms with Crippen LogP contribution in [0.25, 0.3) is 0 Å². The van der Waals surface area contributed by atoms with E-state index in [1.165, 1.54) is 45.2 Å². The third kappa shape index (κ3) is 3.06. The van der Waals surface area contributed by atoms with Crippen LogP contribution >= 0.6 is 0 Å². The molecule has 0 aromatic heterocycles. The van der Waals surface area contributed by atoms with Crippen molar-refractivity contribution in [1.82, 2.24) is 10.2 Å². The van der Waals surface area contributed by atoms with E-state index < -0.39 is 0 Å². The second-order valence-corrected chi connectivity index (χ2v) is 6.68. The van der Waals surface area contributed by atoms with E-state index in [1.54, 1.807) is 0 Å². The predicted octanol–water partition coefficient (Wildman–Crippen LogP) is 1.73. The van der Waals surface area contributed by atoms with Gasteiger partial charge in [-0.1, -0.05) is 6.42 Å². The molecule has 1 heterocycles. The van der Waals surface area contributed by atoms with Gasteiger partial charge in [-0.2, -0.15) is 0 Å². The number of nitrogens with zero attached hydrogens (tertiary/aromatic N) is 1. The van der Waals surface area contributed by atoms with Crippen molar-refractivity contribution in [3.05, 3.63) is 0 Å². The Morgan fingerprint density at radius 2 is 2.22 bits per heavy atom. The predicted molar refractivity (Wildman–Crippen MR) is 73.7 cm³/mol. The number of fused-ring (bicyclic) bond motifs is 2. The molecule has 0 spiro atoms. The van der Waals surface area contributed by atoms with Gasteiger partial charge in [0.05, 0.1) is 12.7 Å². The Hall–Kier alpha value is -0.120. The van der Waals surface area contributed by atoms with Gasteiger partial charge in [0.15, 0.2) is 0 Å². The number of morpholine rings is 1. The molecular formula is C15H28N2O. The first kappa shape index (κ1) is 12.9. The normalized spacial score (nSPS) is 39.7. The molecule has 1 aliphatic heterocycles. The molecule has 0 aromatic rings. The van der Waals surface area contributed by atoms with E-state index in [0.29, 0.717) is 6.10 Å². The zero-order valence-corrected chi connectivity index (χ0v) is 11.7. The Balaban J connectivity index is 1.35. The molecule has 3 fully saturated rings. The Labute approximate surface area is 111 Å². The molecule has 3 nitrogen and oxygen atoms in total. The van der Waals surface area contributed by atoms with Gasteiger partial charge in [0.1, 0.15) is 0 Å². The minimum atomic E-state index is 0.446. The smallest absolute Gasteiger partial charge is 0.0712 e. The van der Waals surface area contributed by atoms with Crippen LogP contribution in [-0.4, -0.2) is 50.8 Å². The molecule has 2 bridgehead atoms. The van der Waals surface area contributed by atoms with E-state index in [4.69, 9.17) is 4.74 Å². The fourth-order valence-electron chi connectivity index (χ4n) is 4.26. The number of hydrogen-bond acceptors (Lipinski definition) is 3. The van der Waals surface area contributed by atoms with Gasteiger partial charge in [-0.15, -0.1) is 0 Å². The van der Waals surface area contributed by atoms with Crippen LogP contribution < -0.4 is 5.32 Å². The summed E-state index contributed by atoms with van der Waals surface area (Å²) >= 11 is 0. The van der Waals surface area contributed by atoms with Crippen LogP contribution in [-0.2, 0) is 4.74 Å². The van der Waals surface area contributed by atoms with Gasteiger partial charge in [-0.25, -0.2) is 0 Å². The molecular weight excluding hydrogens is 224 g/mol. The summed E-state index contributed by atoms with van der Waals surface area (Å²) in [5.74, 6) is 3.14. The zero-order valence-electron chi connectivity index (χ0n) is 11.7. The number of rotatable bonds is 5. The topological polar surface area (TPSA) is 24.5 Å². The van der Waals surface area contributed by atoms with Gasteiger partial charge >= 0.3 is 0 Å². The van der Waals surface area contributed by atoms with Gasteiger partial charge in [-0.3, -0.25) is 0 Å². The third-order valence-corrected chi connectivity index (χ3v) is 5.27. The summed E-state index contributed by atoms with van der Waals surface area (Å²) in [4.78, 5) is 2.54. The summed E-state index contributed by atoms with van der Waals surface area (Å²) in [6, 6.07) is 0. The quantitative estimate of drug-likeness (QED) is 0.806. The highest BCUT2D eigenvalue weighted by molar-refractivity contribution is 4.91. The highest BCUT2D eigenvalue weighted by Gasteiger charge is 2.39. The molecule has 2 aliphatic carbocycles. The Bertz CT molecular complexity index is 265. The molecule has 0 radical (unpaired) electrons. The summed E-state index contributed by atoms with van der Waals surface area (Å²) in [5, 5.41) is 3.41. The highest BCUT2D eigenvalue weighted by atomic mass is 16.5. The van der Waals surface area contributed by atoms with E-state index in [2.05, 4.69) is 17.3 Å².